The molecule has 1 unspecified atom stereocenters. The van der Waals surface area contributed by atoms with E-state index in [1.54, 1.807) is 6.92 Å². The van der Waals surface area contributed by atoms with Crippen molar-refractivity contribution in [2.45, 2.75) is 32.7 Å². The van der Waals surface area contributed by atoms with Crippen LogP contribution in [0.1, 0.15) is 26.7 Å². The van der Waals surface area contributed by atoms with Crippen molar-refractivity contribution in [2.24, 2.45) is 11.7 Å². The van der Waals surface area contributed by atoms with Crippen LogP contribution in [0.5, 0.6) is 0 Å². The summed E-state index contributed by atoms with van der Waals surface area (Å²) in [5, 5.41) is 11.2. The fourth-order valence-corrected chi connectivity index (χ4v) is 1.01. The summed E-state index contributed by atoms with van der Waals surface area (Å²) in [6.07, 6.45) is 0.807. The van der Waals surface area contributed by atoms with Gasteiger partial charge in [-0.15, -0.1) is 0 Å². The topological polar surface area (TPSA) is 92.4 Å². The van der Waals surface area contributed by atoms with Gasteiger partial charge in [0, 0.05) is 13.0 Å². The first-order valence-corrected chi connectivity index (χ1v) is 4.72. The van der Waals surface area contributed by atoms with Crippen molar-refractivity contribution in [1.29, 1.82) is 0 Å². The molecule has 82 valence electrons. The lowest BCUT2D eigenvalue weighted by Gasteiger charge is -2.14. The lowest BCUT2D eigenvalue weighted by molar-refractivity contribution is -0.138. The second kappa shape index (κ2) is 6.37. The zero-order chi connectivity index (χ0) is 11.1. The largest absolute Gasteiger partial charge is 0.481 e. The van der Waals surface area contributed by atoms with Gasteiger partial charge in [-0.25, -0.2) is 0 Å². The van der Waals surface area contributed by atoms with Gasteiger partial charge in [0.2, 0.25) is 5.91 Å². The Balaban J connectivity index is 3.83. The van der Waals surface area contributed by atoms with Gasteiger partial charge in [0.15, 0.2) is 0 Å². The second-order valence-electron chi connectivity index (χ2n) is 3.41. The van der Waals surface area contributed by atoms with Crippen LogP contribution in [0.15, 0.2) is 0 Å². The molecule has 0 aromatic rings. The summed E-state index contributed by atoms with van der Waals surface area (Å²) in [5.74, 6) is -1.10. The molecule has 5 heteroatoms. The highest BCUT2D eigenvalue weighted by molar-refractivity contribution is 5.81. The third-order valence-corrected chi connectivity index (χ3v) is 2.02. The minimum absolute atomic E-state index is 0.0183. The van der Waals surface area contributed by atoms with Crippen LogP contribution >= 0.6 is 0 Å². The third-order valence-electron chi connectivity index (χ3n) is 2.02. The SMILES string of the molecule is CCC(CNC(=O)[C@H](C)N)CC(=O)O. The minimum Gasteiger partial charge on any atom is -0.481 e. The molecule has 14 heavy (non-hydrogen) atoms. The number of rotatable bonds is 6. The minimum atomic E-state index is -0.841. The van der Waals surface area contributed by atoms with Gasteiger partial charge in [0.05, 0.1) is 6.04 Å². The smallest absolute Gasteiger partial charge is 0.303 e. The summed E-state index contributed by atoms with van der Waals surface area (Å²) in [6.45, 7) is 3.86. The van der Waals surface area contributed by atoms with E-state index >= 15 is 0 Å². The summed E-state index contributed by atoms with van der Waals surface area (Å²) < 4.78 is 0. The Morgan fingerprint density at radius 1 is 1.50 bits per heavy atom. The quantitative estimate of drug-likeness (QED) is 0.563. The number of carbonyl (C=O) groups is 2. The highest BCUT2D eigenvalue weighted by atomic mass is 16.4. The van der Waals surface area contributed by atoms with Crippen LogP contribution in [-0.2, 0) is 9.59 Å². The fourth-order valence-electron chi connectivity index (χ4n) is 1.01. The van der Waals surface area contributed by atoms with E-state index in [9.17, 15) is 9.59 Å². The third kappa shape index (κ3) is 5.53. The molecule has 0 spiro atoms. The Kier molecular flexibility index (Phi) is 5.87. The zero-order valence-electron chi connectivity index (χ0n) is 8.62. The first-order chi connectivity index (χ1) is 6.47. The molecular weight excluding hydrogens is 184 g/mol. The van der Waals surface area contributed by atoms with Crippen molar-refractivity contribution < 1.29 is 14.7 Å². The van der Waals surface area contributed by atoms with Gasteiger partial charge in [-0.3, -0.25) is 9.59 Å². The molecule has 0 rings (SSSR count). The van der Waals surface area contributed by atoms with E-state index in [1.807, 2.05) is 6.92 Å². The lowest BCUT2D eigenvalue weighted by Crippen LogP contribution is -2.40. The Morgan fingerprint density at radius 3 is 2.43 bits per heavy atom. The summed E-state index contributed by atoms with van der Waals surface area (Å²) >= 11 is 0. The molecule has 2 atom stereocenters. The van der Waals surface area contributed by atoms with Crippen LogP contribution < -0.4 is 11.1 Å². The summed E-state index contributed by atoms with van der Waals surface area (Å²) in [4.78, 5) is 21.5. The molecule has 0 fully saturated rings. The fraction of sp³-hybridized carbons (Fsp3) is 0.778. The van der Waals surface area contributed by atoms with E-state index in [0.717, 1.165) is 6.42 Å². The Bertz CT molecular complexity index is 204. The molecule has 0 aliphatic rings. The van der Waals surface area contributed by atoms with E-state index < -0.39 is 12.0 Å². The molecule has 0 radical (unpaired) electrons. The van der Waals surface area contributed by atoms with Crippen molar-refractivity contribution >= 4 is 11.9 Å². The predicted molar refractivity (Wildman–Crippen MR) is 52.7 cm³/mol. The van der Waals surface area contributed by atoms with Crippen molar-refractivity contribution in [3.63, 3.8) is 0 Å². The van der Waals surface area contributed by atoms with Gasteiger partial charge >= 0.3 is 5.97 Å². The van der Waals surface area contributed by atoms with Gasteiger partial charge in [0.25, 0.3) is 0 Å². The number of carboxylic acid groups (broad SMARTS) is 1. The van der Waals surface area contributed by atoms with Crippen molar-refractivity contribution in [3.05, 3.63) is 0 Å². The van der Waals surface area contributed by atoms with E-state index in [2.05, 4.69) is 5.32 Å². The summed E-state index contributed by atoms with van der Waals surface area (Å²) in [7, 11) is 0. The molecule has 0 bridgehead atoms. The molecule has 0 aromatic heterocycles. The molecular formula is C9H18N2O3. The molecule has 0 saturated heterocycles. The molecule has 0 saturated carbocycles. The number of carboxylic acids is 1. The second-order valence-corrected chi connectivity index (χ2v) is 3.41. The number of nitrogens with two attached hydrogens (primary N) is 1. The van der Waals surface area contributed by atoms with Gasteiger partial charge in [0.1, 0.15) is 0 Å². The van der Waals surface area contributed by atoms with E-state index in [0.29, 0.717) is 6.54 Å². The van der Waals surface area contributed by atoms with E-state index in [-0.39, 0.29) is 18.2 Å². The van der Waals surface area contributed by atoms with Crippen LogP contribution in [0.4, 0.5) is 0 Å². The highest BCUT2D eigenvalue weighted by Gasteiger charge is 2.13. The average Bonchev–Trinajstić information content (AvgIpc) is 2.10. The summed E-state index contributed by atoms with van der Waals surface area (Å²) in [5.41, 5.74) is 5.34. The lowest BCUT2D eigenvalue weighted by atomic mass is 10.0. The number of hydrogen-bond acceptors (Lipinski definition) is 3. The molecule has 4 N–H and O–H groups in total. The van der Waals surface area contributed by atoms with E-state index in [4.69, 9.17) is 10.8 Å². The zero-order valence-corrected chi connectivity index (χ0v) is 8.62. The van der Waals surface area contributed by atoms with Crippen LogP contribution in [0, 0.1) is 5.92 Å². The number of carbonyl (C=O) groups excluding carboxylic acids is 1. The number of aliphatic carboxylic acids is 1. The molecule has 0 aliphatic carbocycles. The number of hydrogen-bond donors (Lipinski definition) is 3. The van der Waals surface area contributed by atoms with Crippen LogP contribution in [-0.4, -0.2) is 29.6 Å². The first kappa shape index (κ1) is 12.9. The predicted octanol–water partition coefficient (Wildman–Crippen LogP) is -0.0493. The maximum absolute atomic E-state index is 11.1. The maximum atomic E-state index is 11.1. The van der Waals surface area contributed by atoms with Crippen LogP contribution in [0.2, 0.25) is 0 Å². The van der Waals surface area contributed by atoms with Gasteiger partial charge in [-0.1, -0.05) is 13.3 Å². The molecule has 0 heterocycles. The van der Waals surface area contributed by atoms with Crippen molar-refractivity contribution in [3.8, 4) is 0 Å². The summed E-state index contributed by atoms with van der Waals surface area (Å²) in [6, 6.07) is -0.544. The van der Waals surface area contributed by atoms with Crippen molar-refractivity contribution in [1.82, 2.24) is 5.32 Å². The molecule has 0 aromatic carbocycles. The maximum Gasteiger partial charge on any atom is 0.303 e. The molecule has 5 nitrogen and oxygen atoms in total. The molecule has 0 aliphatic heterocycles. The monoisotopic (exact) mass is 202 g/mol. The van der Waals surface area contributed by atoms with Crippen molar-refractivity contribution in [2.75, 3.05) is 6.54 Å². The molecule has 1 amide bonds. The van der Waals surface area contributed by atoms with Gasteiger partial charge < -0.3 is 16.2 Å². The standard InChI is InChI=1S/C9H18N2O3/c1-3-7(4-8(12)13)5-11-9(14)6(2)10/h6-7H,3-5,10H2,1-2H3,(H,11,14)(H,12,13)/t6-,7?/m0/s1. The first-order valence-electron chi connectivity index (χ1n) is 4.72. The van der Waals surface area contributed by atoms with E-state index in [1.165, 1.54) is 0 Å². The highest BCUT2D eigenvalue weighted by Crippen LogP contribution is 2.06. The van der Waals surface area contributed by atoms with Crippen LogP contribution in [0.3, 0.4) is 0 Å². The van der Waals surface area contributed by atoms with Gasteiger partial charge in [-0.2, -0.15) is 0 Å². The normalized spacial score (nSPS) is 14.5. The average molecular weight is 202 g/mol. The Morgan fingerprint density at radius 2 is 2.07 bits per heavy atom. The Labute approximate surface area is 83.7 Å². The number of nitrogens with one attached hydrogen (secondary N) is 1. The number of amides is 1. The van der Waals surface area contributed by atoms with Gasteiger partial charge in [-0.05, 0) is 12.8 Å². The van der Waals surface area contributed by atoms with Crippen LogP contribution in [0.25, 0.3) is 0 Å². The Hall–Kier alpha value is -1.10.